The van der Waals surface area contributed by atoms with Crippen LogP contribution in [0.15, 0.2) is 6.20 Å². The average molecular weight is 308 g/mol. The first kappa shape index (κ1) is 15.7. The lowest BCUT2D eigenvalue weighted by Crippen LogP contribution is -2.42. The van der Waals surface area contributed by atoms with Gasteiger partial charge in [-0.2, -0.15) is 13.2 Å². The fraction of sp³-hybridized carbons (Fsp3) is 0.769. The largest absolute Gasteiger partial charge is 0.443 e. The Morgan fingerprint density at radius 1 is 1.50 bits per heavy atom. The molecule has 1 N–H and O–H groups in total. The van der Waals surface area contributed by atoms with Crippen LogP contribution in [0, 0.1) is 0 Å². The van der Waals surface area contributed by atoms with Gasteiger partial charge in [0, 0.05) is 24.2 Å². The lowest BCUT2D eigenvalue weighted by molar-refractivity contribution is -0.137. The number of hydrogen-bond acceptors (Lipinski definition) is 4. The molecule has 1 unspecified atom stereocenters. The Labute approximate surface area is 120 Å². The number of ether oxygens (including phenoxy) is 1. The highest BCUT2D eigenvalue weighted by Crippen LogP contribution is 2.43. The van der Waals surface area contributed by atoms with Gasteiger partial charge in [-0.05, 0) is 32.2 Å². The Morgan fingerprint density at radius 3 is 2.60 bits per heavy atom. The monoisotopic (exact) mass is 308 g/mol. The van der Waals surface area contributed by atoms with Gasteiger partial charge in [-0.1, -0.05) is 6.92 Å². The summed E-state index contributed by atoms with van der Waals surface area (Å²) in [5.74, 6) is 0. The number of halogens is 3. The number of methoxy groups -OCH3 is 1. The van der Waals surface area contributed by atoms with Crippen LogP contribution >= 0.6 is 11.3 Å². The summed E-state index contributed by atoms with van der Waals surface area (Å²) in [6.07, 6.45) is 0.713. The third-order valence-electron chi connectivity index (χ3n) is 3.83. The Morgan fingerprint density at radius 2 is 2.20 bits per heavy atom. The molecule has 114 valence electrons. The molecule has 1 aliphatic rings. The topological polar surface area (TPSA) is 34.1 Å². The third-order valence-corrected chi connectivity index (χ3v) is 4.99. The van der Waals surface area contributed by atoms with Gasteiger partial charge in [0.25, 0.3) is 0 Å². The van der Waals surface area contributed by atoms with Crippen LogP contribution < -0.4 is 5.32 Å². The van der Waals surface area contributed by atoms with Gasteiger partial charge in [-0.15, -0.1) is 11.3 Å². The van der Waals surface area contributed by atoms with E-state index in [0.717, 1.165) is 30.6 Å². The van der Waals surface area contributed by atoms with Crippen molar-refractivity contribution in [1.82, 2.24) is 10.3 Å². The van der Waals surface area contributed by atoms with Crippen molar-refractivity contribution in [1.29, 1.82) is 0 Å². The Bertz CT molecular complexity index is 438. The van der Waals surface area contributed by atoms with Crippen molar-refractivity contribution in [2.24, 2.45) is 0 Å². The fourth-order valence-electron chi connectivity index (χ4n) is 2.53. The maximum atomic E-state index is 12.6. The van der Waals surface area contributed by atoms with E-state index in [4.69, 9.17) is 4.74 Å². The van der Waals surface area contributed by atoms with Crippen LogP contribution in [0.25, 0.3) is 0 Å². The van der Waals surface area contributed by atoms with Crippen molar-refractivity contribution in [3.05, 3.63) is 16.1 Å². The summed E-state index contributed by atoms with van der Waals surface area (Å²) >= 11 is 0.719. The Hall–Kier alpha value is -0.660. The SMILES string of the molecule is CCNC(CC1(OC)CCC1)c1cnc(C(F)(F)F)s1. The van der Waals surface area contributed by atoms with Gasteiger partial charge >= 0.3 is 6.18 Å². The molecule has 0 saturated heterocycles. The molecule has 0 amide bonds. The smallest absolute Gasteiger partial charge is 0.378 e. The second kappa shape index (κ2) is 5.99. The minimum absolute atomic E-state index is 0.131. The fourth-order valence-corrected chi connectivity index (χ4v) is 3.39. The van der Waals surface area contributed by atoms with E-state index < -0.39 is 11.2 Å². The van der Waals surface area contributed by atoms with Gasteiger partial charge in [0.15, 0.2) is 5.01 Å². The Balaban J connectivity index is 2.14. The molecule has 1 aromatic rings. The van der Waals surface area contributed by atoms with Crippen LogP contribution in [0.1, 0.15) is 48.5 Å². The molecule has 0 bridgehead atoms. The molecular weight excluding hydrogens is 289 g/mol. The molecule has 7 heteroatoms. The molecule has 1 saturated carbocycles. The molecule has 2 rings (SSSR count). The molecule has 1 atom stereocenters. The molecule has 20 heavy (non-hydrogen) atoms. The highest BCUT2D eigenvalue weighted by atomic mass is 32.1. The zero-order valence-electron chi connectivity index (χ0n) is 11.6. The van der Waals surface area contributed by atoms with Crippen molar-refractivity contribution in [2.75, 3.05) is 13.7 Å². The third kappa shape index (κ3) is 3.32. The van der Waals surface area contributed by atoms with Gasteiger partial charge in [0.2, 0.25) is 0 Å². The van der Waals surface area contributed by atoms with E-state index in [1.165, 1.54) is 6.20 Å². The predicted molar refractivity (Wildman–Crippen MR) is 71.7 cm³/mol. The summed E-state index contributed by atoms with van der Waals surface area (Å²) in [7, 11) is 1.68. The Kier molecular flexibility index (Phi) is 4.71. The lowest BCUT2D eigenvalue weighted by atomic mass is 9.75. The zero-order valence-corrected chi connectivity index (χ0v) is 12.4. The molecule has 0 aromatic carbocycles. The van der Waals surface area contributed by atoms with E-state index >= 15 is 0 Å². The maximum absolute atomic E-state index is 12.6. The second-order valence-electron chi connectivity index (χ2n) is 5.12. The summed E-state index contributed by atoms with van der Waals surface area (Å²) in [5, 5.41) is 2.46. The molecule has 0 spiro atoms. The summed E-state index contributed by atoms with van der Waals surface area (Å²) < 4.78 is 43.5. The van der Waals surface area contributed by atoms with Crippen LogP contribution in [-0.2, 0) is 10.9 Å². The van der Waals surface area contributed by atoms with Crippen LogP contribution in [0.2, 0.25) is 0 Å². The number of hydrogen-bond donors (Lipinski definition) is 1. The van der Waals surface area contributed by atoms with Crippen LogP contribution in [0.5, 0.6) is 0 Å². The molecule has 0 radical (unpaired) electrons. The quantitative estimate of drug-likeness (QED) is 0.868. The first-order valence-electron chi connectivity index (χ1n) is 6.71. The summed E-state index contributed by atoms with van der Waals surface area (Å²) in [6, 6.07) is -0.131. The van der Waals surface area contributed by atoms with E-state index in [0.29, 0.717) is 17.8 Å². The molecular formula is C13H19F3N2OS. The minimum atomic E-state index is -4.37. The first-order chi connectivity index (χ1) is 9.40. The average Bonchev–Trinajstić information content (AvgIpc) is 2.81. The van der Waals surface area contributed by atoms with Crippen molar-refractivity contribution >= 4 is 11.3 Å². The number of thiazole rings is 1. The normalized spacial score (nSPS) is 19.6. The number of aromatic nitrogens is 1. The maximum Gasteiger partial charge on any atom is 0.443 e. The van der Waals surface area contributed by atoms with Gasteiger partial charge in [0.1, 0.15) is 0 Å². The van der Waals surface area contributed by atoms with Crippen LogP contribution in [0.3, 0.4) is 0 Å². The molecule has 1 aliphatic carbocycles. The summed E-state index contributed by atoms with van der Waals surface area (Å²) in [5.41, 5.74) is -0.185. The number of alkyl halides is 3. The van der Waals surface area contributed by atoms with Gasteiger partial charge in [-0.3, -0.25) is 0 Å². The number of nitrogens with one attached hydrogen (secondary N) is 1. The molecule has 1 fully saturated rings. The molecule has 1 aromatic heterocycles. The van der Waals surface area contributed by atoms with Crippen molar-refractivity contribution in [3.8, 4) is 0 Å². The van der Waals surface area contributed by atoms with Crippen LogP contribution in [-0.4, -0.2) is 24.2 Å². The molecule has 0 aliphatic heterocycles. The number of nitrogens with zero attached hydrogens (tertiary/aromatic N) is 1. The molecule has 1 heterocycles. The summed E-state index contributed by atoms with van der Waals surface area (Å²) in [4.78, 5) is 4.13. The van der Waals surface area contributed by atoms with E-state index in [-0.39, 0.29) is 11.6 Å². The van der Waals surface area contributed by atoms with E-state index in [1.54, 1.807) is 7.11 Å². The van der Waals surface area contributed by atoms with Crippen molar-refractivity contribution < 1.29 is 17.9 Å². The van der Waals surface area contributed by atoms with Crippen molar-refractivity contribution in [3.63, 3.8) is 0 Å². The van der Waals surface area contributed by atoms with E-state index in [1.807, 2.05) is 6.92 Å². The minimum Gasteiger partial charge on any atom is -0.378 e. The first-order valence-corrected chi connectivity index (χ1v) is 7.53. The van der Waals surface area contributed by atoms with Gasteiger partial charge < -0.3 is 10.1 Å². The highest BCUT2D eigenvalue weighted by Gasteiger charge is 2.40. The zero-order chi connectivity index (χ0) is 14.8. The molecule has 3 nitrogen and oxygen atoms in total. The number of rotatable bonds is 6. The van der Waals surface area contributed by atoms with E-state index in [2.05, 4.69) is 10.3 Å². The van der Waals surface area contributed by atoms with E-state index in [9.17, 15) is 13.2 Å². The standard InChI is InChI=1S/C13H19F3N2OS/c1-3-17-9(7-12(19-2)5-4-6-12)10-8-18-11(20-10)13(14,15)16/h8-9,17H,3-7H2,1-2H3. The van der Waals surface area contributed by atoms with Gasteiger partial charge in [-0.25, -0.2) is 4.98 Å². The predicted octanol–water partition coefficient (Wildman–Crippen LogP) is 3.77. The second-order valence-corrected chi connectivity index (χ2v) is 6.18. The lowest BCUT2D eigenvalue weighted by Gasteiger charge is -2.42. The van der Waals surface area contributed by atoms with Crippen molar-refractivity contribution in [2.45, 2.75) is 50.4 Å². The van der Waals surface area contributed by atoms with Crippen LogP contribution in [0.4, 0.5) is 13.2 Å². The summed E-state index contributed by atoms with van der Waals surface area (Å²) in [6.45, 7) is 2.64. The highest BCUT2D eigenvalue weighted by molar-refractivity contribution is 7.11. The van der Waals surface area contributed by atoms with Gasteiger partial charge in [0.05, 0.1) is 5.60 Å².